The molecule has 1 rings (SSSR count). The van der Waals surface area contributed by atoms with Crippen LogP contribution < -0.4 is 0 Å². The van der Waals surface area contributed by atoms with Gasteiger partial charge in [0.1, 0.15) is 5.82 Å². The molecule has 0 aliphatic heterocycles. The van der Waals surface area contributed by atoms with Crippen LogP contribution in [0.5, 0.6) is 0 Å². The van der Waals surface area contributed by atoms with Gasteiger partial charge in [0.2, 0.25) is 5.78 Å². The fraction of sp³-hybridized carbons (Fsp3) is 0.579. The maximum absolute atomic E-state index is 14.9. The molecule has 1 aromatic rings. The van der Waals surface area contributed by atoms with Gasteiger partial charge in [-0.15, -0.1) is 0 Å². The summed E-state index contributed by atoms with van der Waals surface area (Å²) in [5.41, 5.74) is -2.07. The summed E-state index contributed by atoms with van der Waals surface area (Å²) in [7, 11) is 0. The van der Waals surface area contributed by atoms with E-state index in [1.165, 1.54) is 19.1 Å². The summed E-state index contributed by atoms with van der Waals surface area (Å²) in [6, 6.07) is 2.34. The monoisotopic (exact) mass is 373 g/mol. The second kappa shape index (κ2) is 8.10. The highest BCUT2D eigenvalue weighted by molar-refractivity contribution is 5.87. The third kappa shape index (κ3) is 4.56. The molecule has 1 N–H and O–H groups in total. The molecule has 0 aromatic heterocycles. The van der Waals surface area contributed by atoms with Gasteiger partial charge in [0.25, 0.3) is 0 Å². The fourth-order valence-electron chi connectivity index (χ4n) is 2.93. The average Bonchev–Trinajstić information content (AvgIpc) is 2.50. The number of amides is 1. The van der Waals surface area contributed by atoms with Crippen LogP contribution in [0.1, 0.15) is 71.0 Å². The number of carboxylic acid groups (broad SMARTS) is 1. The first-order valence-corrected chi connectivity index (χ1v) is 8.57. The van der Waals surface area contributed by atoms with Crippen molar-refractivity contribution in [2.45, 2.75) is 71.4 Å². The van der Waals surface area contributed by atoms with Crippen molar-refractivity contribution in [3.8, 4) is 0 Å². The quantitative estimate of drug-likeness (QED) is 0.685. The lowest BCUT2D eigenvalue weighted by molar-refractivity contribution is -0.145. The van der Waals surface area contributed by atoms with Crippen LogP contribution in [0.15, 0.2) is 18.2 Å². The number of rotatable bonds is 7. The highest BCUT2D eigenvalue weighted by Gasteiger charge is 2.43. The SMILES string of the molecule is CCCCC(=O)C(F)(F)c1cccc(C(C)N(C(=O)O)C(C)(C)C)c1F. The summed E-state index contributed by atoms with van der Waals surface area (Å²) in [5.74, 6) is -6.54. The van der Waals surface area contributed by atoms with Gasteiger partial charge in [-0.2, -0.15) is 8.78 Å². The van der Waals surface area contributed by atoms with Crippen LogP contribution in [-0.2, 0) is 10.7 Å². The lowest BCUT2D eigenvalue weighted by Crippen LogP contribution is -2.46. The van der Waals surface area contributed by atoms with E-state index in [0.29, 0.717) is 12.8 Å². The fourth-order valence-corrected chi connectivity index (χ4v) is 2.93. The zero-order valence-electron chi connectivity index (χ0n) is 15.8. The van der Waals surface area contributed by atoms with Crippen LogP contribution in [0, 0.1) is 5.82 Å². The highest BCUT2D eigenvalue weighted by Crippen LogP contribution is 2.37. The Labute approximate surface area is 152 Å². The van der Waals surface area contributed by atoms with E-state index in [2.05, 4.69) is 0 Å². The molecule has 0 spiro atoms. The Morgan fingerprint density at radius 1 is 1.23 bits per heavy atom. The number of hydrogen-bond acceptors (Lipinski definition) is 2. The first kappa shape index (κ1) is 22.0. The highest BCUT2D eigenvalue weighted by atomic mass is 19.3. The lowest BCUT2D eigenvalue weighted by atomic mass is 9.94. The summed E-state index contributed by atoms with van der Waals surface area (Å²) < 4.78 is 43.8. The Morgan fingerprint density at radius 2 is 1.81 bits per heavy atom. The largest absolute Gasteiger partial charge is 0.465 e. The number of carbonyl (C=O) groups is 2. The number of alkyl halides is 2. The molecule has 0 aliphatic carbocycles. The van der Waals surface area contributed by atoms with Crippen molar-refractivity contribution in [3.05, 3.63) is 35.1 Å². The zero-order valence-corrected chi connectivity index (χ0v) is 15.8. The summed E-state index contributed by atoms with van der Waals surface area (Å²) in [6.45, 7) is 8.08. The first-order chi connectivity index (χ1) is 11.9. The van der Waals surface area contributed by atoms with E-state index in [0.717, 1.165) is 11.0 Å². The predicted octanol–water partition coefficient (Wildman–Crippen LogP) is 5.52. The number of halogens is 3. The van der Waals surface area contributed by atoms with E-state index in [9.17, 15) is 27.9 Å². The Morgan fingerprint density at radius 3 is 2.27 bits per heavy atom. The van der Waals surface area contributed by atoms with Gasteiger partial charge < -0.3 is 5.11 Å². The van der Waals surface area contributed by atoms with E-state index in [1.807, 2.05) is 0 Å². The molecule has 0 heterocycles. The number of unbranched alkanes of at least 4 members (excludes halogenated alkanes) is 1. The molecule has 7 heteroatoms. The average molecular weight is 373 g/mol. The third-order valence-corrected chi connectivity index (χ3v) is 4.24. The number of ketones is 1. The molecule has 1 atom stereocenters. The van der Waals surface area contributed by atoms with Crippen LogP contribution in [-0.4, -0.2) is 27.4 Å². The van der Waals surface area contributed by atoms with Gasteiger partial charge in [0, 0.05) is 17.5 Å². The van der Waals surface area contributed by atoms with E-state index in [-0.39, 0.29) is 12.0 Å². The maximum atomic E-state index is 14.9. The number of benzene rings is 1. The standard InChI is InChI=1S/C19H26F3NO3/c1-6-7-11-15(24)19(21,22)14-10-8-9-13(16(14)20)12(2)23(17(25)26)18(3,4)5/h8-10,12H,6-7,11H2,1-5H3,(H,25,26). The Kier molecular flexibility index (Phi) is 6.85. The van der Waals surface area contributed by atoms with Gasteiger partial charge >= 0.3 is 12.0 Å². The lowest BCUT2D eigenvalue weighted by Gasteiger charge is -2.38. The molecule has 1 amide bonds. The maximum Gasteiger partial charge on any atom is 0.408 e. The summed E-state index contributed by atoms with van der Waals surface area (Å²) in [6.07, 6.45) is -0.768. The second-order valence-electron chi connectivity index (χ2n) is 7.31. The topological polar surface area (TPSA) is 57.6 Å². The van der Waals surface area contributed by atoms with Crippen LogP contribution in [0.25, 0.3) is 0 Å². The molecule has 0 radical (unpaired) electrons. The van der Waals surface area contributed by atoms with Crippen LogP contribution in [0.3, 0.4) is 0 Å². The van der Waals surface area contributed by atoms with Crippen molar-refractivity contribution in [1.29, 1.82) is 0 Å². The van der Waals surface area contributed by atoms with Gasteiger partial charge in [-0.1, -0.05) is 25.5 Å². The first-order valence-electron chi connectivity index (χ1n) is 8.57. The number of nitrogens with zero attached hydrogens (tertiary/aromatic N) is 1. The van der Waals surface area contributed by atoms with Crippen molar-refractivity contribution in [3.63, 3.8) is 0 Å². The summed E-state index contributed by atoms with van der Waals surface area (Å²) in [4.78, 5) is 24.4. The molecule has 0 bridgehead atoms. The Bertz CT molecular complexity index is 668. The molecule has 146 valence electrons. The molecule has 0 aliphatic rings. The molecule has 0 saturated carbocycles. The second-order valence-corrected chi connectivity index (χ2v) is 7.31. The van der Waals surface area contributed by atoms with Crippen molar-refractivity contribution in [2.75, 3.05) is 0 Å². The van der Waals surface area contributed by atoms with E-state index in [1.54, 1.807) is 27.7 Å². The minimum absolute atomic E-state index is 0.192. The minimum Gasteiger partial charge on any atom is -0.465 e. The number of Topliss-reactive ketones (excluding diaryl/α,β-unsaturated/α-hetero) is 1. The van der Waals surface area contributed by atoms with Crippen molar-refractivity contribution in [1.82, 2.24) is 4.90 Å². The smallest absolute Gasteiger partial charge is 0.408 e. The van der Waals surface area contributed by atoms with Crippen molar-refractivity contribution >= 4 is 11.9 Å². The third-order valence-electron chi connectivity index (χ3n) is 4.24. The number of carbonyl (C=O) groups excluding carboxylic acids is 1. The molecule has 0 fully saturated rings. The van der Waals surface area contributed by atoms with E-state index < -0.39 is 40.8 Å². The van der Waals surface area contributed by atoms with Gasteiger partial charge in [0.15, 0.2) is 0 Å². The molecule has 1 unspecified atom stereocenters. The number of hydrogen-bond donors (Lipinski definition) is 1. The summed E-state index contributed by atoms with van der Waals surface area (Å²) in [5, 5.41) is 9.45. The van der Waals surface area contributed by atoms with Crippen LogP contribution >= 0.6 is 0 Å². The van der Waals surface area contributed by atoms with Gasteiger partial charge in [-0.05, 0) is 40.2 Å². The van der Waals surface area contributed by atoms with Gasteiger partial charge in [0.05, 0.1) is 11.6 Å². The minimum atomic E-state index is -3.95. The normalized spacial score (nSPS) is 13.4. The van der Waals surface area contributed by atoms with Gasteiger partial charge in [-0.25, -0.2) is 9.18 Å². The molecular formula is C19H26F3NO3. The predicted molar refractivity (Wildman–Crippen MR) is 92.9 cm³/mol. The van der Waals surface area contributed by atoms with Crippen molar-refractivity contribution in [2.24, 2.45) is 0 Å². The molecule has 26 heavy (non-hydrogen) atoms. The van der Waals surface area contributed by atoms with E-state index >= 15 is 0 Å². The zero-order chi connectivity index (χ0) is 20.3. The summed E-state index contributed by atoms with van der Waals surface area (Å²) >= 11 is 0. The molecule has 4 nitrogen and oxygen atoms in total. The van der Waals surface area contributed by atoms with E-state index in [4.69, 9.17) is 0 Å². The molecule has 0 saturated heterocycles. The Hall–Kier alpha value is -2.05. The van der Waals surface area contributed by atoms with Crippen LogP contribution in [0.2, 0.25) is 0 Å². The molecule has 1 aromatic carbocycles. The molecular weight excluding hydrogens is 347 g/mol. The Balaban J connectivity index is 3.36. The van der Waals surface area contributed by atoms with Crippen LogP contribution in [0.4, 0.5) is 18.0 Å². The van der Waals surface area contributed by atoms with Crippen molar-refractivity contribution < 1.29 is 27.9 Å². The van der Waals surface area contributed by atoms with Gasteiger partial charge in [-0.3, -0.25) is 9.69 Å².